The predicted octanol–water partition coefficient (Wildman–Crippen LogP) is 3.17. The fourth-order valence-electron chi connectivity index (χ4n) is 1.15. The lowest BCUT2D eigenvalue weighted by atomic mass is 10.1. The summed E-state index contributed by atoms with van der Waals surface area (Å²) < 4.78 is 0. The minimum atomic E-state index is 0.0897. The van der Waals surface area contributed by atoms with E-state index in [-0.39, 0.29) is 5.12 Å². The van der Waals surface area contributed by atoms with Gasteiger partial charge in [-0.1, -0.05) is 35.2 Å². The maximum atomic E-state index is 10.8. The first-order valence-electron chi connectivity index (χ1n) is 5.00. The van der Waals surface area contributed by atoms with Crippen molar-refractivity contribution in [1.29, 1.82) is 0 Å². The van der Waals surface area contributed by atoms with Crippen LogP contribution in [-0.4, -0.2) is 17.2 Å². The molecule has 0 aliphatic carbocycles. The van der Waals surface area contributed by atoms with Gasteiger partial charge in [-0.05, 0) is 18.2 Å². The summed E-state index contributed by atoms with van der Waals surface area (Å²) in [5.74, 6) is 6.50. The van der Waals surface area contributed by atoms with Gasteiger partial charge in [0.25, 0.3) is 0 Å². The molecule has 0 atom stereocenters. The second-order valence-electron chi connectivity index (χ2n) is 3.24. The molecule has 0 amide bonds. The van der Waals surface area contributed by atoms with Crippen molar-refractivity contribution in [3.05, 3.63) is 34.3 Å². The second kappa shape index (κ2) is 7.16. The zero-order valence-electron chi connectivity index (χ0n) is 9.33. The first-order chi connectivity index (χ1) is 8.13. The van der Waals surface area contributed by atoms with Gasteiger partial charge in [0.05, 0.1) is 0 Å². The Morgan fingerprint density at radius 1 is 1.53 bits per heavy atom. The van der Waals surface area contributed by atoms with Crippen molar-refractivity contribution in [2.24, 2.45) is 0 Å². The lowest BCUT2D eigenvalue weighted by Crippen LogP contribution is -1.87. The van der Waals surface area contributed by atoms with Gasteiger partial charge in [0, 0.05) is 35.2 Å². The van der Waals surface area contributed by atoms with Crippen molar-refractivity contribution >= 4 is 34.8 Å². The standard InChI is InChI=1S/C13H11ClO2S/c1-10(16)17-7-3-2-4-11-5-6-13(14)8-12(11)9-15/h5-6,8-9H,3,7H2,1H3. The van der Waals surface area contributed by atoms with Crippen LogP contribution in [0.3, 0.4) is 0 Å². The van der Waals surface area contributed by atoms with E-state index in [0.717, 1.165) is 6.29 Å². The van der Waals surface area contributed by atoms with Crippen molar-refractivity contribution < 1.29 is 9.59 Å². The van der Waals surface area contributed by atoms with E-state index in [1.54, 1.807) is 18.2 Å². The highest BCUT2D eigenvalue weighted by Gasteiger charge is 1.99. The van der Waals surface area contributed by atoms with E-state index in [4.69, 9.17) is 11.6 Å². The van der Waals surface area contributed by atoms with Gasteiger partial charge in [0.2, 0.25) is 0 Å². The fourth-order valence-corrected chi connectivity index (χ4v) is 1.82. The molecule has 1 rings (SSSR count). The molecule has 0 saturated carbocycles. The quantitative estimate of drug-likeness (QED) is 0.479. The van der Waals surface area contributed by atoms with Crippen LogP contribution >= 0.6 is 23.4 Å². The lowest BCUT2D eigenvalue weighted by molar-refractivity contribution is -0.109. The minimum Gasteiger partial charge on any atom is -0.298 e. The number of thioether (sulfide) groups is 1. The van der Waals surface area contributed by atoms with Crippen LogP contribution in [0.5, 0.6) is 0 Å². The first kappa shape index (κ1) is 13.8. The Balaban J connectivity index is 2.65. The molecule has 0 fully saturated rings. The normalized spacial score (nSPS) is 9.29. The van der Waals surface area contributed by atoms with Crippen molar-refractivity contribution in [3.63, 3.8) is 0 Å². The Morgan fingerprint density at radius 2 is 2.29 bits per heavy atom. The number of carbonyl (C=O) groups excluding carboxylic acids is 2. The largest absolute Gasteiger partial charge is 0.298 e. The Bertz CT molecular complexity index is 486. The molecule has 2 nitrogen and oxygen atoms in total. The molecular weight excluding hydrogens is 256 g/mol. The van der Waals surface area contributed by atoms with E-state index in [1.807, 2.05) is 0 Å². The summed E-state index contributed by atoms with van der Waals surface area (Å²) in [5, 5.41) is 0.608. The monoisotopic (exact) mass is 266 g/mol. The summed E-state index contributed by atoms with van der Waals surface area (Å²) in [7, 11) is 0. The molecular formula is C13H11ClO2S. The molecule has 17 heavy (non-hydrogen) atoms. The second-order valence-corrected chi connectivity index (χ2v) is 4.95. The molecule has 0 N–H and O–H groups in total. The molecule has 0 aromatic heterocycles. The Morgan fingerprint density at radius 3 is 2.94 bits per heavy atom. The molecule has 0 spiro atoms. The average Bonchev–Trinajstić information content (AvgIpc) is 2.29. The van der Waals surface area contributed by atoms with Crippen LogP contribution in [0.25, 0.3) is 0 Å². The van der Waals surface area contributed by atoms with Crippen LogP contribution in [-0.2, 0) is 4.79 Å². The van der Waals surface area contributed by atoms with Gasteiger partial charge in [0.1, 0.15) is 0 Å². The lowest BCUT2D eigenvalue weighted by Gasteiger charge is -1.96. The number of aldehydes is 1. The summed E-state index contributed by atoms with van der Waals surface area (Å²) in [4.78, 5) is 21.5. The average molecular weight is 267 g/mol. The molecule has 4 heteroatoms. The van der Waals surface area contributed by atoms with E-state index in [2.05, 4.69) is 11.8 Å². The van der Waals surface area contributed by atoms with Crippen molar-refractivity contribution in [2.45, 2.75) is 13.3 Å². The molecule has 0 heterocycles. The number of carbonyl (C=O) groups is 2. The highest BCUT2D eigenvalue weighted by Crippen LogP contribution is 2.13. The first-order valence-corrected chi connectivity index (χ1v) is 6.37. The van der Waals surface area contributed by atoms with Crippen molar-refractivity contribution in [1.82, 2.24) is 0 Å². The van der Waals surface area contributed by atoms with Crippen LogP contribution in [0.2, 0.25) is 5.02 Å². The molecule has 88 valence electrons. The number of benzene rings is 1. The number of rotatable bonds is 3. The van der Waals surface area contributed by atoms with Crippen LogP contribution in [0.4, 0.5) is 0 Å². The van der Waals surface area contributed by atoms with Crippen LogP contribution in [0.1, 0.15) is 29.3 Å². The molecule has 0 radical (unpaired) electrons. The third kappa shape index (κ3) is 5.08. The highest BCUT2D eigenvalue weighted by molar-refractivity contribution is 8.13. The molecule has 1 aromatic carbocycles. The third-order valence-corrected chi connectivity index (χ3v) is 2.95. The zero-order chi connectivity index (χ0) is 12.7. The highest BCUT2D eigenvalue weighted by atomic mass is 35.5. The maximum Gasteiger partial charge on any atom is 0.185 e. The van der Waals surface area contributed by atoms with Gasteiger partial charge >= 0.3 is 0 Å². The molecule has 0 bridgehead atoms. The van der Waals surface area contributed by atoms with Crippen LogP contribution in [0, 0.1) is 11.8 Å². The van der Waals surface area contributed by atoms with E-state index in [9.17, 15) is 9.59 Å². The van der Waals surface area contributed by atoms with E-state index >= 15 is 0 Å². The molecule has 0 unspecified atom stereocenters. The van der Waals surface area contributed by atoms with E-state index in [0.29, 0.717) is 28.3 Å². The molecule has 0 aliphatic rings. The van der Waals surface area contributed by atoms with Gasteiger partial charge in [-0.2, -0.15) is 0 Å². The zero-order valence-corrected chi connectivity index (χ0v) is 10.9. The maximum absolute atomic E-state index is 10.8. The fraction of sp³-hybridized carbons (Fsp3) is 0.231. The number of halogens is 1. The summed E-state index contributed by atoms with van der Waals surface area (Å²) >= 11 is 7.01. The molecule has 1 aromatic rings. The van der Waals surface area contributed by atoms with Gasteiger partial charge in [-0.25, -0.2) is 0 Å². The smallest absolute Gasteiger partial charge is 0.185 e. The van der Waals surface area contributed by atoms with Gasteiger partial charge < -0.3 is 0 Å². The Hall–Kier alpha value is -1.24. The minimum absolute atomic E-state index is 0.0897. The summed E-state index contributed by atoms with van der Waals surface area (Å²) in [6, 6.07) is 5.00. The summed E-state index contributed by atoms with van der Waals surface area (Å²) in [6.45, 7) is 1.53. The topological polar surface area (TPSA) is 34.1 Å². The summed E-state index contributed by atoms with van der Waals surface area (Å²) in [5.41, 5.74) is 1.15. The SMILES string of the molecule is CC(=O)SCCC#Cc1ccc(Cl)cc1C=O. The van der Waals surface area contributed by atoms with Crippen LogP contribution in [0.15, 0.2) is 18.2 Å². The van der Waals surface area contributed by atoms with Gasteiger partial charge in [0.15, 0.2) is 11.4 Å². The van der Waals surface area contributed by atoms with Gasteiger partial charge in [-0.15, -0.1) is 0 Å². The van der Waals surface area contributed by atoms with Crippen molar-refractivity contribution in [3.8, 4) is 11.8 Å². The summed E-state index contributed by atoms with van der Waals surface area (Å²) in [6.07, 6.45) is 1.35. The number of hydrogen-bond donors (Lipinski definition) is 0. The predicted molar refractivity (Wildman–Crippen MR) is 71.5 cm³/mol. The molecule has 0 saturated heterocycles. The third-order valence-electron chi connectivity index (χ3n) is 1.90. The van der Waals surface area contributed by atoms with Crippen LogP contribution < -0.4 is 0 Å². The van der Waals surface area contributed by atoms with E-state index < -0.39 is 0 Å². The number of hydrogen-bond acceptors (Lipinski definition) is 3. The van der Waals surface area contributed by atoms with E-state index in [1.165, 1.54) is 18.7 Å². The van der Waals surface area contributed by atoms with Crippen molar-refractivity contribution in [2.75, 3.05) is 5.75 Å². The molecule has 0 aliphatic heterocycles. The van der Waals surface area contributed by atoms with Gasteiger partial charge in [-0.3, -0.25) is 9.59 Å². The Labute approximate surface area is 110 Å². The Kier molecular flexibility index (Phi) is 5.82.